The zero-order chi connectivity index (χ0) is 20.3. The number of rotatable bonds is 5. The molecule has 2 aliphatic rings. The molecule has 4 nitrogen and oxygen atoms in total. The Morgan fingerprint density at radius 1 is 1.10 bits per heavy atom. The van der Waals surface area contributed by atoms with E-state index in [1.54, 1.807) is 7.11 Å². The van der Waals surface area contributed by atoms with Crippen molar-refractivity contribution in [2.24, 2.45) is 5.92 Å². The van der Waals surface area contributed by atoms with Crippen LogP contribution in [0.4, 0.5) is 0 Å². The number of likely N-dealkylation sites (tertiary alicyclic amines) is 1. The van der Waals surface area contributed by atoms with Gasteiger partial charge in [0.2, 0.25) is 5.91 Å². The van der Waals surface area contributed by atoms with Crippen molar-refractivity contribution in [3.05, 3.63) is 65.7 Å². The van der Waals surface area contributed by atoms with Gasteiger partial charge in [0.05, 0.1) is 12.7 Å². The number of carbonyl (C=O) groups is 1. The van der Waals surface area contributed by atoms with Crippen LogP contribution in [-0.4, -0.2) is 35.6 Å². The summed E-state index contributed by atoms with van der Waals surface area (Å²) in [6.45, 7) is 0.622. The number of piperidine rings is 1. The van der Waals surface area contributed by atoms with Crippen LogP contribution in [0.5, 0.6) is 5.75 Å². The van der Waals surface area contributed by atoms with Crippen LogP contribution in [0.1, 0.15) is 49.7 Å². The van der Waals surface area contributed by atoms with E-state index in [1.807, 2.05) is 54.6 Å². The number of methoxy groups -OCH3 is 1. The summed E-state index contributed by atoms with van der Waals surface area (Å²) in [7, 11) is 1.67. The second-order valence-corrected chi connectivity index (χ2v) is 8.40. The van der Waals surface area contributed by atoms with Crippen molar-refractivity contribution in [2.45, 2.75) is 56.6 Å². The summed E-state index contributed by atoms with van der Waals surface area (Å²) in [5.41, 5.74) is 1.24. The van der Waals surface area contributed by atoms with Crippen molar-refractivity contribution in [1.29, 1.82) is 0 Å². The van der Waals surface area contributed by atoms with Crippen LogP contribution in [-0.2, 0) is 16.8 Å². The number of carbonyl (C=O) groups excluding carboxylic acids is 1. The Hall–Kier alpha value is -2.33. The fraction of sp³-hybridized carbons (Fsp3) is 0.480. The lowest BCUT2D eigenvalue weighted by atomic mass is 9.66. The molecule has 2 aromatic carbocycles. The average Bonchev–Trinajstić information content (AvgIpc) is 2.78. The third kappa shape index (κ3) is 3.91. The van der Waals surface area contributed by atoms with E-state index in [0.29, 0.717) is 25.8 Å². The number of nitrogens with zero attached hydrogens (tertiary/aromatic N) is 1. The van der Waals surface area contributed by atoms with Gasteiger partial charge in [-0.3, -0.25) is 4.79 Å². The second kappa shape index (κ2) is 8.58. The number of aliphatic hydroxyl groups is 1. The molecule has 1 heterocycles. The largest absolute Gasteiger partial charge is 0.496 e. The van der Waals surface area contributed by atoms with E-state index in [2.05, 4.69) is 4.90 Å². The summed E-state index contributed by atoms with van der Waals surface area (Å²) in [5, 5.41) is 11.7. The Labute approximate surface area is 173 Å². The summed E-state index contributed by atoms with van der Waals surface area (Å²) in [6, 6.07) is 18.1. The van der Waals surface area contributed by atoms with E-state index in [9.17, 15) is 9.90 Å². The molecule has 2 aromatic rings. The van der Waals surface area contributed by atoms with Crippen molar-refractivity contribution in [2.75, 3.05) is 13.7 Å². The predicted octanol–water partition coefficient (Wildman–Crippen LogP) is 4.31. The maximum absolute atomic E-state index is 13.2. The monoisotopic (exact) mass is 393 g/mol. The summed E-state index contributed by atoms with van der Waals surface area (Å²) in [5.74, 6) is 1.15. The van der Waals surface area contributed by atoms with Crippen molar-refractivity contribution < 1.29 is 14.6 Å². The molecule has 2 fully saturated rings. The lowest BCUT2D eigenvalue weighted by molar-refractivity contribution is -0.154. The van der Waals surface area contributed by atoms with Gasteiger partial charge in [0.15, 0.2) is 0 Å². The smallest absolute Gasteiger partial charge is 0.223 e. The molecule has 0 aromatic heterocycles. The molecule has 1 aliphatic carbocycles. The van der Waals surface area contributed by atoms with Gasteiger partial charge in [0.1, 0.15) is 5.75 Å². The van der Waals surface area contributed by atoms with Gasteiger partial charge in [-0.2, -0.15) is 0 Å². The molecule has 4 rings (SSSR count). The van der Waals surface area contributed by atoms with E-state index in [-0.39, 0.29) is 17.9 Å². The first-order valence-electron chi connectivity index (χ1n) is 10.8. The number of ether oxygens (including phenoxy) is 1. The number of fused-ring (bicyclic) bond motifs is 1. The van der Waals surface area contributed by atoms with Gasteiger partial charge in [-0.25, -0.2) is 0 Å². The highest BCUT2D eigenvalue weighted by Gasteiger charge is 2.50. The molecule has 4 heteroatoms. The maximum atomic E-state index is 13.2. The Morgan fingerprint density at radius 3 is 2.62 bits per heavy atom. The molecule has 0 spiro atoms. The van der Waals surface area contributed by atoms with Crippen LogP contribution in [0.15, 0.2) is 54.6 Å². The Kier molecular flexibility index (Phi) is 5.91. The van der Waals surface area contributed by atoms with Crippen LogP contribution in [0.2, 0.25) is 0 Å². The zero-order valence-electron chi connectivity index (χ0n) is 17.2. The third-order valence-electron chi connectivity index (χ3n) is 6.87. The Morgan fingerprint density at radius 2 is 1.83 bits per heavy atom. The summed E-state index contributed by atoms with van der Waals surface area (Å²) < 4.78 is 5.43. The SMILES string of the molecule is COc1ccccc1CCC(=O)N1CCC(O)(c2ccccc2)[C@H]2CCCC[C@@H]21. The predicted molar refractivity (Wildman–Crippen MR) is 114 cm³/mol. The fourth-order valence-electron chi connectivity index (χ4n) is 5.37. The molecule has 0 radical (unpaired) electrons. The molecule has 1 aliphatic heterocycles. The van der Waals surface area contributed by atoms with Gasteiger partial charge in [-0.15, -0.1) is 0 Å². The van der Waals surface area contributed by atoms with Crippen LogP contribution >= 0.6 is 0 Å². The highest BCUT2D eigenvalue weighted by molar-refractivity contribution is 5.77. The number of benzene rings is 2. The van der Waals surface area contributed by atoms with Crippen LogP contribution in [0.25, 0.3) is 0 Å². The molecular weight excluding hydrogens is 362 g/mol. The summed E-state index contributed by atoms with van der Waals surface area (Å²) in [4.78, 5) is 15.2. The highest BCUT2D eigenvalue weighted by atomic mass is 16.5. The molecule has 3 atom stereocenters. The van der Waals surface area contributed by atoms with Crippen molar-refractivity contribution >= 4 is 5.91 Å². The summed E-state index contributed by atoms with van der Waals surface area (Å²) in [6.07, 6.45) is 5.99. The Bertz CT molecular complexity index is 837. The van der Waals surface area contributed by atoms with E-state index >= 15 is 0 Å². The Balaban J connectivity index is 1.50. The zero-order valence-corrected chi connectivity index (χ0v) is 17.2. The van der Waals surface area contributed by atoms with E-state index in [4.69, 9.17) is 4.74 Å². The molecule has 1 saturated carbocycles. The normalized spacial score (nSPS) is 26.6. The number of aryl methyl sites for hydroxylation is 1. The topological polar surface area (TPSA) is 49.8 Å². The molecule has 154 valence electrons. The van der Waals surface area contributed by atoms with Crippen LogP contribution in [0.3, 0.4) is 0 Å². The average molecular weight is 394 g/mol. The first-order chi connectivity index (χ1) is 14.1. The van der Waals surface area contributed by atoms with Gasteiger partial charge in [-0.1, -0.05) is 61.4 Å². The maximum Gasteiger partial charge on any atom is 0.223 e. The number of amides is 1. The minimum Gasteiger partial charge on any atom is -0.496 e. The van der Waals surface area contributed by atoms with E-state index < -0.39 is 5.60 Å². The molecule has 0 bridgehead atoms. The third-order valence-corrected chi connectivity index (χ3v) is 6.87. The van der Waals surface area contributed by atoms with Gasteiger partial charge >= 0.3 is 0 Å². The molecular formula is C25H31NO3. The number of hydrogen-bond acceptors (Lipinski definition) is 3. The molecule has 1 N–H and O–H groups in total. The minimum atomic E-state index is -0.828. The first kappa shape index (κ1) is 20.0. The quantitative estimate of drug-likeness (QED) is 0.824. The summed E-state index contributed by atoms with van der Waals surface area (Å²) >= 11 is 0. The molecule has 1 unspecified atom stereocenters. The van der Waals surface area contributed by atoms with Gasteiger partial charge in [-0.05, 0) is 42.9 Å². The number of hydrogen-bond donors (Lipinski definition) is 1. The van der Waals surface area contributed by atoms with Crippen molar-refractivity contribution in [1.82, 2.24) is 4.90 Å². The van der Waals surface area contributed by atoms with Gasteiger partial charge < -0.3 is 14.7 Å². The molecule has 1 saturated heterocycles. The van der Waals surface area contributed by atoms with Crippen LogP contribution in [0, 0.1) is 5.92 Å². The van der Waals surface area contributed by atoms with Crippen molar-refractivity contribution in [3.8, 4) is 5.75 Å². The lowest BCUT2D eigenvalue weighted by Crippen LogP contribution is -2.59. The van der Waals surface area contributed by atoms with Gasteiger partial charge in [0, 0.05) is 24.9 Å². The van der Waals surface area contributed by atoms with E-state index in [1.165, 1.54) is 0 Å². The lowest BCUT2D eigenvalue weighted by Gasteiger charge is -2.52. The molecule has 29 heavy (non-hydrogen) atoms. The second-order valence-electron chi connectivity index (χ2n) is 8.40. The minimum absolute atomic E-state index is 0.114. The van der Waals surface area contributed by atoms with Gasteiger partial charge in [0.25, 0.3) is 0 Å². The standard InChI is InChI=1S/C25H31NO3/c1-29-23-14-8-5-9-19(23)15-16-24(27)26-18-17-25(28,20-10-3-2-4-11-20)21-12-6-7-13-22(21)26/h2-5,8-11,14,21-22,28H,6-7,12-13,15-18H2,1H3/t21-,22-,25?/m0/s1. The molecule has 1 amide bonds. The van der Waals surface area contributed by atoms with Crippen LogP contribution < -0.4 is 4.74 Å². The van der Waals surface area contributed by atoms with E-state index in [0.717, 1.165) is 42.6 Å². The fourth-order valence-corrected chi connectivity index (χ4v) is 5.37. The van der Waals surface area contributed by atoms with Crippen molar-refractivity contribution in [3.63, 3.8) is 0 Å². The highest BCUT2D eigenvalue weighted by Crippen LogP contribution is 2.47. The number of para-hydroxylation sites is 1. The first-order valence-corrected chi connectivity index (χ1v) is 10.8.